The Kier molecular flexibility index (Phi) is 7.11. The van der Waals surface area contributed by atoms with E-state index in [1.54, 1.807) is 19.2 Å². The molecular formula is C27H30N4O3. The number of rotatable bonds is 7. The van der Waals surface area contributed by atoms with Crippen molar-refractivity contribution in [2.45, 2.75) is 33.6 Å². The molecule has 1 N–H and O–H groups in total. The van der Waals surface area contributed by atoms with Crippen LogP contribution in [0.2, 0.25) is 0 Å². The minimum atomic E-state index is -0.343. The number of nitrogens with zero attached hydrogens (tertiary/aromatic N) is 3. The SMILES string of the molecule is CCOC(=O)c1cccc(-n2c(C)cc(/C=N\NC(=O)c3ccc(N4CCCC4)cc3)c2C)c1. The summed E-state index contributed by atoms with van der Waals surface area (Å²) < 4.78 is 7.16. The number of carbonyl (C=O) groups is 2. The zero-order valence-corrected chi connectivity index (χ0v) is 19.9. The molecule has 7 nitrogen and oxygen atoms in total. The van der Waals surface area contributed by atoms with Gasteiger partial charge in [-0.3, -0.25) is 4.79 Å². The van der Waals surface area contributed by atoms with Crippen LogP contribution in [0.4, 0.5) is 5.69 Å². The summed E-state index contributed by atoms with van der Waals surface area (Å²) in [6.45, 7) is 8.23. The first-order valence-corrected chi connectivity index (χ1v) is 11.6. The summed E-state index contributed by atoms with van der Waals surface area (Å²) in [7, 11) is 0. The maximum atomic E-state index is 12.5. The second-order valence-corrected chi connectivity index (χ2v) is 8.37. The van der Waals surface area contributed by atoms with Gasteiger partial charge in [-0.2, -0.15) is 5.10 Å². The molecule has 1 saturated heterocycles. The summed E-state index contributed by atoms with van der Waals surface area (Å²) in [6.07, 6.45) is 4.08. The van der Waals surface area contributed by atoms with Gasteiger partial charge in [0.2, 0.25) is 0 Å². The molecule has 0 saturated carbocycles. The highest BCUT2D eigenvalue weighted by Crippen LogP contribution is 2.22. The Morgan fingerprint density at radius 3 is 2.44 bits per heavy atom. The number of hydrogen-bond acceptors (Lipinski definition) is 5. The summed E-state index contributed by atoms with van der Waals surface area (Å²) >= 11 is 0. The molecule has 2 heterocycles. The number of carbonyl (C=O) groups excluding carboxylic acids is 2. The third-order valence-electron chi connectivity index (χ3n) is 6.06. The Bertz CT molecular complexity index is 1210. The van der Waals surface area contributed by atoms with Gasteiger partial charge in [0.05, 0.1) is 18.4 Å². The first kappa shape index (κ1) is 23.3. The molecule has 34 heavy (non-hydrogen) atoms. The van der Waals surface area contributed by atoms with Gasteiger partial charge in [-0.1, -0.05) is 6.07 Å². The molecule has 1 aromatic heterocycles. The van der Waals surface area contributed by atoms with Crippen LogP contribution in [0.25, 0.3) is 5.69 Å². The number of benzene rings is 2. The van der Waals surface area contributed by atoms with Crippen LogP contribution in [0, 0.1) is 13.8 Å². The quantitative estimate of drug-likeness (QED) is 0.318. The fourth-order valence-corrected chi connectivity index (χ4v) is 4.33. The van der Waals surface area contributed by atoms with Crippen molar-refractivity contribution in [2.24, 2.45) is 5.10 Å². The minimum absolute atomic E-state index is 0.250. The predicted octanol–water partition coefficient (Wildman–Crippen LogP) is 4.63. The second kappa shape index (κ2) is 10.4. The largest absolute Gasteiger partial charge is 0.462 e. The number of ether oxygens (including phenoxy) is 1. The van der Waals surface area contributed by atoms with Gasteiger partial charge in [0.15, 0.2) is 0 Å². The lowest BCUT2D eigenvalue weighted by Gasteiger charge is -2.17. The Morgan fingerprint density at radius 2 is 1.74 bits per heavy atom. The maximum Gasteiger partial charge on any atom is 0.338 e. The van der Waals surface area contributed by atoms with Crippen LogP contribution in [0.5, 0.6) is 0 Å². The summed E-state index contributed by atoms with van der Waals surface area (Å²) in [4.78, 5) is 27.0. The number of aryl methyl sites for hydroxylation is 1. The molecule has 0 unspecified atom stereocenters. The Hall–Kier alpha value is -3.87. The topological polar surface area (TPSA) is 75.9 Å². The van der Waals surface area contributed by atoms with E-state index in [1.165, 1.54) is 12.8 Å². The zero-order chi connectivity index (χ0) is 24.1. The van der Waals surface area contributed by atoms with Crippen molar-refractivity contribution in [1.29, 1.82) is 0 Å². The van der Waals surface area contributed by atoms with Crippen LogP contribution in [0.1, 0.15) is 57.4 Å². The number of hydrazone groups is 1. The van der Waals surface area contributed by atoms with Crippen molar-refractivity contribution in [1.82, 2.24) is 9.99 Å². The number of amides is 1. The van der Waals surface area contributed by atoms with E-state index >= 15 is 0 Å². The molecule has 0 radical (unpaired) electrons. The molecule has 3 aromatic rings. The Balaban J connectivity index is 1.45. The van der Waals surface area contributed by atoms with E-state index in [2.05, 4.69) is 15.4 Å². The number of nitrogens with one attached hydrogen (secondary N) is 1. The summed E-state index contributed by atoms with van der Waals surface area (Å²) in [5, 5.41) is 4.17. The fraction of sp³-hybridized carbons (Fsp3) is 0.296. The number of aromatic nitrogens is 1. The minimum Gasteiger partial charge on any atom is -0.462 e. The van der Waals surface area contributed by atoms with Crippen LogP contribution in [-0.2, 0) is 4.74 Å². The lowest BCUT2D eigenvalue weighted by molar-refractivity contribution is 0.0526. The molecule has 2 aromatic carbocycles. The Labute approximate surface area is 200 Å². The van der Waals surface area contributed by atoms with E-state index in [0.717, 1.165) is 41.4 Å². The number of esters is 1. The van der Waals surface area contributed by atoms with E-state index in [1.807, 2.05) is 66.9 Å². The average molecular weight is 459 g/mol. The summed E-state index contributed by atoms with van der Waals surface area (Å²) in [5.41, 5.74) is 8.52. The van der Waals surface area contributed by atoms with Crippen molar-refractivity contribution in [2.75, 3.05) is 24.6 Å². The average Bonchev–Trinajstić information content (AvgIpc) is 3.48. The third-order valence-corrected chi connectivity index (χ3v) is 6.06. The van der Waals surface area contributed by atoms with E-state index < -0.39 is 0 Å². The molecule has 7 heteroatoms. The van der Waals surface area contributed by atoms with Crippen LogP contribution in [0.3, 0.4) is 0 Å². The smallest absolute Gasteiger partial charge is 0.338 e. The Morgan fingerprint density at radius 1 is 1.00 bits per heavy atom. The lowest BCUT2D eigenvalue weighted by atomic mass is 10.2. The molecule has 0 aliphatic carbocycles. The predicted molar refractivity (Wildman–Crippen MR) is 134 cm³/mol. The second-order valence-electron chi connectivity index (χ2n) is 8.37. The molecule has 1 aliphatic heterocycles. The lowest BCUT2D eigenvalue weighted by Crippen LogP contribution is -2.19. The molecule has 1 aliphatic rings. The van der Waals surface area contributed by atoms with Gasteiger partial charge in [-0.05, 0) is 82.1 Å². The molecule has 1 fully saturated rings. The molecule has 0 spiro atoms. The zero-order valence-electron chi connectivity index (χ0n) is 19.9. The maximum absolute atomic E-state index is 12.5. The van der Waals surface area contributed by atoms with E-state index in [-0.39, 0.29) is 11.9 Å². The molecule has 4 rings (SSSR count). The monoisotopic (exact) mass is 458 g/mol. The van der Waals surface area contributed by atoms with Crippen LogP contribution < -0.4 is 10.3 Å². The van der Waals surface area contributed by atoms with Crippen LogP contribution in [0.15, 0.2) is 59.7 Å². The van der Waals surface area contributed by atoms with Crippen LogP contribution in [-0.4, -0.2) is 42.4 Å². The van der Waals surface area contributed by atoms with E-state index in [0.29, 0.717) is 17.7 Å². The normalized spacial score (nSPS) is 13.4. The van der Waals surface area contributed by atoms with Gasteiger partial charge in [0, 0.05) is 47.0 Å². The van der Waals surface area contributed by atoms with Crippen molar-refractivity contribution >= 4 is 23.8 Å². The number of anilines is 1. The number of hydrogen-bond donors (Lipinski definition) is 1. The summed E-state index contributed by atoms with van der Waals surface area (Å²) in [5.74, 6) is -0.593. The van der Waals surface area contributed by atoms with Gasteiger partial charge in [-0.15, -0.1) is 0 Å². The first-order chi connectivity index (χ1) is 16.5. The standard InChI is InChI=1S/C27H30N4O3/c1-4-34-27(33)22-8-7-9-25(17-22)31-19(2)16-23(20(31)3)18-28-29-26(32)21-10-12-24(13-11-21)30-14-5-6-15-30/h7-13,16-18H,4-6,14-15H2,1-3H3,(H,29,32)/b28-18-. The molecule has 0 bridgehead atoms. The first-order valence-electron chi connectivity index (χ1n) is 11.6. The highest BCUT2D eigenvalue weighted by Gasteiger charge is 2.14. The highest BCUT2D eigenvalue weighted by molar-refractivity contribution is 5.95. The van der Waals surface area contributed by atoms with Gasteiger partial charge in [0.1, 0.15) is 0 Å². The summed E-state index contributed by atoms with van der Waals surface area (Å²) in [6, 6.07) is 17.0. The molecular weight excluding hydrogens is 428 g/mol. The van der Waals surface area contributed by atoms with Crippen LogP contribution >= 0.6 is 0 Å². The van der Waals surface area contributed by atoms with Gasteiger partial charge >= 0.3 is 5.97 Å². The third kappa shape index (κ3) is 5.03. The van der Waals surface area contributed by atoms with Gasteiger partial charge in [0.25, 0.3) is 5.91 Å². The van der Waals surface area contributed by atoms with Crippen molar-refractivity contribution in [3.63, 3.8) is 0 Å². The van der Waals surface area contributed by atoms with Crippen molar-refractivity contribution in [3.05, 3.63) is 82.7 Å². The molecule has 1 amide bonds. The fourth-order valence-electron chi connectivity index (χ4n) is 4.33. The van der Waals surface area contributed by atoms with Crippen molar-refractivity contribution < 1.29 is 14.3 Å². The molecule has 0 atom stereocenters. The molecule has 176 valence electrons. The van der Waals surface area contributed by atoms with E-state index in [9.17, 15) is 9.59 Å². The van der Waals surface area contributed by atoms with E-state index in [4.69, 9.17) is 4.74 Å². The van der Waals surface area contributed by atoms with Gasteiger partial charge < -0.3 is 14.2 Å². The highest BCUT2D eigenvalue weighted by atomic mass is 16.5. The van der Waals surface area contributed by atoms with Gasteiger partial charge in [-0.25, -0.2) is 10.2 Å². The van der Waals surface area contributed by atoms with Crippen molar-refractivity contribution in [3.8, 4) is 5.69 Å².